The van der Waals surface area contributed by atoms with Gasteiger partial charge in [-0.15, -0.1) is 0 Å². The minimum atomic E-state index is -3.45. The van der Waals surface area contributed by atoms with Crippen molar-refractivity contribution in [1.29, 1.82) is 0 Å². The third kappa shape index (κ3) is 5.35. The van der Waals surface area contributed by atoms with E-state index in [1.165, 1.54) is 8.61 Å². The number of carbonyl (C=O) groups is 1. The lowest BCUT2D eigenvalue weighted by atomic mass is 10.1. The molecule has 0 bridgehead atoms. The van der Waals surface area contributed by atoms with Crippen molar-refractivity contribution in [3.05, 3.63) is 0 Å². The van der Waals surface area contributed by atoms with Gasteiger partial charge in [-0.3, -0.25) is 9.69 Å². The van der Waals surface area contributed by atoms with Gasteiger partial charge in [-0.2, -0.15) is 17.0 Å². The van der Waals surface area contributed by atoms with E-state index >= 15 is 0 Å². The molecule has 11 heteroatoms. The Balaban J connectivity index is 1.60. The molecule has 0 radical (unpaired) electrons. The Hall–Kier alpha value is -0.750. The second-order valence-electron chi connectivity index (χ2n) is 8.56. The maximum atomic E-state index is 13.2. The molecule has 2 saturated heterocycles. The molecule has 0 aromatic rings. The standard InChI is InChI=1S/C19H36N4O5S2/c1-3-21(4-2)30(27,28)22-12-10-20(11-13-22)15-19(24)23(17-7-5-6-8-17)18-9-14-29(25,26)16-18/h17-18H,3-16H2,1-2H3. The Labute approximate surface area is 181 Å². The van der Waals surface area contributed by atoms with E-state index in [2.05, 4.69) is 0 Å². The van der Waals surface area contributed by atoms with E-state index in [4.69, 9.17) is 0 Å². The van der Waals surface area contributed by atoms with Crippen molar-refractivity contribution in [3.8, 4) is 0 Å². The van der Waals surface area contributed by atoms with Crippen LogP contribution in [-0.2, 0) is 24.8 Å². The summed E-state index contributed by atoms with van der Waals surface area (Å²) in [5, 5.41) is 0. The van der Waals surface area contributed by atoms with Crippen molar-refractivity contribution in [2.75, 3.05) is 57.3 Å². The van der Waals surface area contributed by atoms with Gasteiger partial charge in [0.1, 0.15) is 0 Å². The van der Waals surface area contributed by atoms with E-state index in [9.17, 15) is 21.6 Å². The van der Waals surface area contributed by atoms with Gasteiger partial charge in [-0.05, 0) is 19.3 Å². The van der Waals surface area contributed by atoms with E-state index < -0.39 is 20.0 Å². The summed E-state index contributed by atoms with van der Waals surface area (Å²) in [6, 6.07) is -0.0740. The summed E-state index contributed by atoms with van der Waals surface area (Å²) >= 11 is 0. The molecule has 9 nitrogen and oxygen atoms in total. The smallest absolute Gasteiger partial charge is 0.282 e. The first-order chi connectivity index (χ1) is 14.2. The van der Waals surface area contributed by atoms with Crippen LogP contribution in [0.3, 0.4) is 0 Å². The van der Waals surface area contributed by atoms with Gasteiger partial charge in [-0.25, -0.2) is 8.42 Å². The fourth-order valence-corrected chi connectivity index (χ4v) is 8.30. The van der Waals surface area contributed by atoms with Crippen molar-refractivity contribution < 1.29 is 21.6 Å². The van der Waals surface area contributed by atoms with Crippen molar-refractivity contribution in [2.24, 2.45) is 0 Å². The normalized spacial score (nSPS) is 26.4. The highest BCUT2D eigenvalue weighted by atomic mass is 32.2. The number of piperazine rings is 1. The minimum Gasteiger partial charge on any atom is -0.335 e. The highest BCUT2D eigenvalue weighted by Crippen LogP contribution is 2.29. The van der Waals surface area contributed by atoms with Gasteiger partial charge in [0.15, 0.2) is 9.84 Å². The molecule has 3 rings (SSSR count). The SMILES string of the molecule is CCN(CC)S(=O)(=O)N1CCN(CC(=O)N(C2CCCC2)C2CCS(=O)(=O)C2)CC1. The number of amides is 1. The average molecular weight is 465 g/mol. The Morgan fingerprint density at radius 1 is 0.967 bits per heavy atom. The highest BCUT2D eigenvalue weighted by Gasteiger charge is 2.40. The van der Waals surface area contributed by atoms with Gasteiger partial charge in [0, 0.05) is 51.4 Å². The molecular formula is C19H36N4O5S2. The van der Waals surface area contributed by atoms with Gasteiger partial charge in [0.2, 0.25) is 5.91 Å². The molecule has 174 valence electrons. The van der Waals surface area contributed by atoms with Crippen LogP contribution in [0.25, 0.3) is 0 Å². The summed E-state index contributed by atoms with van der Waals surface area (Å²) in [5.74, 6) is 0.227. The van der Waals surface area contributed by atoms with Crippen LogP contribution in [-0.4, -0.2) is 111 Å². The van der Waals surface area contributed by atoms with Crippen LogP contribution in [0.4, 0.5) is 0 Å². The summed E-state index contributed by atoms with van der Waals surface area (Å²) in [5.41, 5.74) is 0. The zero-order chi connectivity index (χ0) is 21.9. The monoisotopic (exact) mass is 464 g/mol. The maximum Gasteiger partial charge on any atom is 0.282 e. The van der Waals surface area contributed by atoms with Crippen LogP contribution in [0, 0.1) is 0 Å². The van der Waals surface area contributed by atoms with E-state index in [-0.39, 0.29) is 36.0 Å². The van der Waals surface area contributed by atoms with E-state index in [0.29, 0.717) is 45.7 Å². The maximum absolute atomic E-state index is 13.2. The Bertz CT molecular complexity index is 799. The third-order valence-corrected chi connectivity index (χ3v) is 10.6. The fraction of sp³-hybridized carbons (Fsp3) is 0.947. The lowest BCUT2D eigenvalue weighted by Gasteiger charge is -2.39. The minimum absolute atomic E-state index is 0.0101. The molecular weight excluding hydrogens is 428 g/mol. The highest BCUT2D eigenvalue weighted by molar-refractivity contribution is 7.91. The van der Waals surface area contributed by atoms with E-state index in [0.717, 1.165) is 25.7 Å². The molecule has 1 aliphatic carbocycles. The molecule has 2 heterocycles. The molecule has 1 saturated carbocycles. The number of carbonyl (C=O) groups excluding carboxylic acids is 1. The van der Waals surface area contributed by atoms with Crippen LogP contribution in [0.5, 0.6) is 0 Å². The Morgan fingerprint density at radius 2 is 1.57 bits per heavy atom. The molecule has 0 spiro atoms. The summed E-state index contributed by atoms with van der Waals surface area (Å²) in [7, 11) is -6.51. The molecule has 0 aromatic heterocycles. The second kappa shape index (κ2) is 9.81. The number of hydrogen-bond acceptors (Lipinski definition) is 6. The molecule has 2 aliphatic heterocycles. The van der Waals surface area contributed by atoms with Crippen LogP contribution < -0.4 is 0 Å². The molecule has 1 unspecified atom stereocenters. The van der Waals surface area contributed by atoms with Crippen molar-refractivity contribution in [3.63, 3.8) is 0 Å². The molecule has 0 N–H and O–H groups in total. The zero-order valence-corrected chi connectivity index (χ0v) is 19.8. The van der Waals surface area contributed by atoms with Gasteiger partial charge in [0.25, 0.3) is 10.2 Å². The topological polar surface area (TPSA) is 98.3 Å². The predicted octanol–water partition coefficient (Wildman–Crippen LogP) is 0.149. The predicted molar refractivity (Wildman–Crippen MR) is 116 cm³/mol. The van der Waals surface area contributed by atoms with Gasteiger partial charge in [0.05, 0.1) is 18.1 Å². The first-order valence-electron chi connectivity index (χ1n) is 11.2. The van der Waals surface area contributed by atoms with Crippen molar-refractivity contribution in [2.45, 2.75) is 58.0 Å². The van der Waals surface area contributed by atoms with Crippen molar-refractivity contribution >= 4 is 26.0 Å². The summed E-state index contributed by atoms with van der Waals surface area (Å²) in [4.78, 5) is 17.1. The molecule has 3 fully saturated rings. The molecule has 30 heavy (non-hydrogen) atoms. The number of sulfone groups is 1. The Kier molecular flexibility index (Phi) is 7.81. The van der Waals surface area contributed by atoms with Gasteiger partial charge >= 0.3 is 0 Å². The molecule has 1 amide bonds. The number of hydrogen-bond donors (Lipinski definition) is 0. The first-order valence-corrected chi connectivity index (χ1v) is 14.4. The molecule has 0 aromatic carbocycles. The fourth-order valence-electron chi connectivity index (χ4n) is 4.99. The van der Waals surface area contributed by atoms with E-state index in [1.54, 1.807) is 0 Å². The van der Waals surface area contributed by atoms with E-state index in [1.807, 2.05) is 23.6 Å². The number of rotatable bonds is 8. The van der Waals surface area contributed by atoms with Crippen LogP contribution in [0.1, 0.15) is 46.0 Å². The molecule has 1 atom stereocenters. The zero-order valence-electron chi connectivity index (χ0n) is 18.2. The lowest BCUT2D eigenvalue weighted by molar-refractivity contribution is -0.137. The Morgan fingerprint density at radius 3 is 2.07 bits per heavy atom. The van der Waals surface area contributed by atoms with Gasteiger partial charge < -0.3 is 4.90 Å². The average Bonchev–Trinajstić information content (AvgIpc) is 3.33. The first kappa shape index (κ1) is 23.9. The largest absolute Gasteiger partial charge is 0.335 e. The van der Waals surface area contributed by atoms with Crippen LogP contribution in [0.15, 0.2) is 0 Å². The van der Waals surface area contributed by atoms with Crippen LogP contribution in [0.2, 0.25) is 0 Å². The summed E-state index contributed by atoms with van der Waals surface area (Å²) in [6.07, 6.45) is 4.57. The second-order valence-corrected chi connectivity index (χ2v) is 12.7. The number of nitrogens with zero attached hydrogens (tertiary/aromatic N) is 4. The van der Waals surface area contributed by atoms with Gasteiger partial charge in [-0.1, -0.05) is 26.7 Å². The van der Waals surface area contributed by atoms with Crippen molar-refractivity contribution in [1.82, 2.24) is 18.4 Å². The van der Waals surface area contributed by atoms with Crippen LogP contribution >= 0.6 is 0 Å². The third-order valence-electron chi connectivity index (χ3n) is 6.66. The quantitative estimate of drug-likeness (QED) is 0.507. The lowest BCUT2D eigenvalue weighted by Crippen LogP contribution is -2.56. The summed E-state index contributed by atoms with van der Waals surface area (Å²) in [6.45, 7) is 6.53. The molecule has 3 aliphatic rings. The summed E-state index contributed by atoms with van der Waals surface area (Å²) < 4.78 is 52.3.